The molecule has 1 aliphatic heterocycles. The summed E-state index contributed by atoms with van der Waals surface area (Å²) < 4.78 is 5.65. The van der Waals surface area contributed by atoms with Crippen molar-refractivity contribution in [3.05, 3.63) is 59.2 Å². The molecule has 1 fully saturated rings. The third-order valence-electron chi connectivity index (χ3n) is 3.19. The molecule has 1 saturated heterocycles. The van der Waals surface area contributed by atoms with Gasteiger partial charge in [0.2, 0.25) is 0 Å². The minimum Gasteiger partial charge on any atom is -0.352 e. The summed E-state index contributed by atoms with van der Waals surface area (Å²) in [4.78, 5) is 21.2. The average Bonchev–Trinajstić information content (AvgIpc) is 3.13. The zero-order valence-corrected chi connectivity index (χ0v) is 9.00. The standard InChI is InChI=1S/C14H10O3/c15-8-10-1-3-12(4-2-10)14-6-5-11(9-16)7-13(14)17-14/h1-9,13H. The summed E-state index contributed by atoms with van der Waals surface area (Å²) in [5.41, 5.74) is 1.87. The van der Waals surface area contributed by atoms with Crippen molar-refractivity contribution in [2.75, 3.05) is 0 Å². The minimum atomic E-state index is -0.423. The van der Waals surface area contributed by atoms with Gasteiger partial charge < -0.3 is 4.74 Å². The van der Waals surface area contributed by atoms with Gasteiger partial charge in [0.25, 0.3) is 0 Å². The predicted molar refractivity (Wildman–Crippen MR) is 61.7 cm³/mol. The van der Waals surface area contributed by atoms with Crippen LogP contribution in [0.15, 0.2) is 48.1 Å². The Balaban J connectivity index is 1.92. The molecule has 0 aromatic heterocycles. The second-order valence-electron chi connectivity index (χ2n) is 4.19. The van der Waals surface area contributed by atoms with Crippen LogP contribution in [0, 0.1) is 0 Å². The monoisotopic (exact) mass is 226 g/mol. The Kier molecular flexibility index (Phi) is 2.09. The lowest BCUT2D eigenvalue weighted by molar-refractivity contribution is -0.104. The van der Waals surface area contributed by atoms with Crippen LogP contribution in [0.4, 0.5) is 0 Å². The molecular formula is C14H10O3. The lowest BCUT2D eigenvalue weighted by atomic mass is 9.90. The number of rotatable bonds is 3. The number of hydrogen-bond donors (Lipinski definition) is 0. The smallest absolute Gasteiger partial charge is 0.150 e. The average molecular weight is 226 g/mol. The first-order valence-corrected chi connectivity index (χ1v) is 5.38. The number of benzene rings is 1. The highest BCUT2D eigenvalue weighted by atomic mass is 16.6. The van der Waals surface area contributed by atoms with Gasteiger partial charge in [-0.15, -0.1) is 0 Å². The summed E-state index contributed by atoms with van der Waals surface area (Å²) in [6.45, 7) is 0. The van der Waals surface area contributed by atoms with E-state index in [1.54, 1.807) is 18.2 Å². The molecule has 0 N–H and O–H groups in total. The molecule has 17 heavy (non-hydrogen) atoms. The van der Waals surface area contributed by atoms with Gasteiger partial charge in [0.1, 0.15) is 24.3 Å². The van der Waals surface area contributed by atoms with Gasteiger partial charge in [0.05, 0.1) is 0 Å². The van der Waals surface area contributed by atoms with Crippen molar-refractivity contribution in [3.8, 4) is 0 Å². The van der Waals surface area contributed by atoms with Crippen LogP contribution in [0.5, 0.6) is 0 Å². The number of epoxide rings is 1. The normalized spacial score (nSPS) is 29.2. The molecule has 2 unspecified atom stereocenters. The van der Waals surface area contributed by atoms with Crippen molar-refractivity contribution >= 4 is 12.6 Å². The Morgan fingerprint density at radius 3 is 2.47 bits per heavy atom. The fourth-order valence-corrected chi connectivity index (χ4v) is 2.15. The van der Waals surface area contributed by atoms with Crippen LogP contribution in [-0.2, 0) is 15.1 Å². The number of allylic oxidation sites excluding steroid dienone is 2. The van der Waals surface area contributed by atoms with E-state index in [0.29, 0.717) is 11.1 Å². The van der Waals surface area contributed by atoms with E-state index in [2.05, 4.69) is 0 Å². The number of carbonyl (C=O) groups is 2. The van der Waals surface area contributed by atoms with Gasteiger partial charge in [-0.25, -0.2) is 0 Å². The second-order valence-corrected chi connectivity index (χ2v) is 4.19. The molecule has 3 rings (SSSR count). The van der Waals surface area contributed by atoms with Gasteiger partial charge in [-0.2, -0.15) is 0 Å². The minimum absolute atomic E-state index is 0.0604. The highest BCUT2D eigenvalue weighted by molar-refractivity contribution is 5.79. The van der Waals surface area contributed by atoms with Crippen molar-refractivity contribution in [2.45, 2.75) is 11.7 Å². The Morgan fingerprint density at radius 1 is 1.12 bits per heavy atom. The summed E-state index contributed by atoms with van der Waals surface area (Å²) in [6, 6.07) is 7.30. The second kappa shape index (κ2) is 3.50. The molecule has 1 aromatic rings. The number of hydrogen-bond acceptors (Lipinski definition) is 3. The van der Waals surface area contributed by atoms with Gasteiger partial charge in [-0.1, -0.05) is 30.3 Å². The zero-order valence-electron chi connectivity index (χ0n) is 9.00. The molecule has 1 aliphatic carbocycles. The Hall–Kier alpha value is -2.00. The van der Waals surface area contributed by atoms with Crippen LogP contribution in [0.3, 0.4) is 0 Å². The number of aldehydes is 2. The SMILES string of the molecule is O=CC1=CC2OC2(c2ccc(C=O)cc2)C=C1. The molecular weight excluding hydrogens is 216 g/mol. The van der Waals surface area contributed by atoms with E-state index in [-0.39, 0.29) is 6.10 Å². The van der Waals surface area contributed by atoms with Crippen LogP contribution >= 0.6 is 0 Å². The van der Waals surface area contributed by atoms with Crippen LogP contribution in [0.2, 0.25) is 0 Å². The molecule has 3 heteroatoms. The molecule has 0 spiro atoms. The van der Waals surface area contributed by atoms with Gasteiger partial charge in [-0.05, 0) is 17.7 Å². The summed E-state index contributed by atoms with van der Waals surface area (Å²) in [5, 5.41) is 0. The van der Waals surface area contributed by atoms with E-state index in [0.717, 1.165) is 18.1 Å². The fraction of sp³-hybridized carbons (Fsp3) is 0.143. The third kappa shape index (κ3) is 1.47. The van der Waals surface area contributed by atoms with Crippen molar-refractivity contribution in [2.24, 2.45) is 0 Å². The Morgan fingerprint density at radius 2 is 1.88 bits per heavy atom. The number of ether oxygens (including phenoxy) is 1. The predicted octanol–water partition coefficient (Wildman–Crippen LogP) is 1.79. The first kappa shape index (κ1) is 10.2. The Labute approximate surface area is 98.4 Å². The molecule has 0 bridgehead atoms. The lowest BCUT2D eigenvalue weighted by Gasteiger charge is -2.10. The van der Waals surface area contributed by atoms with Crippen LogP contribution in [0.25, 0.3) is 0 Å². The van der Waals surface area contributed by atoms with Crippen molar-refractivity contribution in [1.82, 2.24) is 0 Å². The largest absolute Gasteiger partial charge is 0.352 e. The summed E-state index contributed by atoms with van der Waals surface area (Å²) in [5.74, 6) is 0. The first-order chi connectivity index (χ1) is 8.28. The van der Waals surface area contributed by atoms with Crippen LogP contribution in [0.1, 0.15) is 15.9 Å². The van der Waals surface area contributed by atoms with E-state index in [9.17, 15) is 9.59 Å². The molecule has 1 aromatic carbocycles. The fourth-order valence-electron chi connectivity index (χ4n) is 2.15. The van der Waals surface area contributed by atoms with Crippen molar-refractivity contribution < 1.29 is 14.3 Å². The summed E-state index contributed by atoms with van der Waals surface area (Å²) in [7, 11) is 0. The molecule has 0 saturated carbocycles. The molecule has 2 aliphatic rings. The maximum absolute atomic E-state index is 10.6. The first-order valence-electron chi connectivity index (χ1n) is 5.38. The molecule has 1 heterocycles. The van der Waals surface area contributed by atoms with Gasteiger partial charge in [0, 0.05) is 11.1 Å². The number of fused-ring (bicyclic) bond motifs is 1. The Bertz CT molecular complexity index is 539. The molecule has 2 atom stereocenters. The molecule has 84 valence electrons. The highest BCUT2D eigenvalue weighted by Gasteiger charge is 2.55. The van der Waals surface area contributed by atoms with E-state index < -0.39 is 5.60 Å². The third-order valence-corrected chi connectivity index (χ3v) is 3.19. The van der Waals surface area contributed by atoms with Crippen molar-refractivity contribution in [3.63, 3.8) is 0 Å². The molecule has 3 nitrogen and oxygen atoms in total. The van der Waals surface area contributed by atoms with Gasteiger partial charge in [-0.3, -0.25) is 9.59 Å². The lowest BCUT2D eigenvalue weighted by Crippen LogP contribution is -2.11. The summed E-state index contributed by atoms with van der Waals surface area (Å²) in [6.07, 6.45) is 7.06. The van der Waals surface area contributed by atoms with E-state index in [1.165, 1.54) is 0 Å². The number of carbonyl (C=O) groups excluding carboxylic acids is 2. The quantitative estimate of drug-likeness (QED) is 0.583. The van der Waals surface area contributed by atoms with E-state index in [1.807, 2.05) is 24.3 Å². The molecule has 0 radical (unpaired) electrons. The van der Waals surface area contributed by atoms with Crippen LogP contribution in [-0.4, -0.2) is 18.7 Å². The van der Waals surface area contributed by atoms with Crippen molar-refractivity contribution in [1.29, 1.82) is 0 Å². The highest BCUT2D eigenvalue weighted by Crippen LogP contribution is 2.50. The zero-order chi connectivity index (χ0) is 11.9. The van der Waals surface area contributed by atoms with E-state index >= 15 is 0 Å². The van der Waals surface area contributed by atoms with E-state index in [4.69, 9.17) is 4.74 Å². The molecule has 0 amide bonds. The van der Waals surface area contributed by atoms with Gasteiger partial charge in [0.15, 0.2) is 0 Å². The van der Waals surface area contributed by atoms with Crippen LogP contribution < -0.4 is 0 Å². The maximum atomic E-state index is 10.6. The maximum Gasteiger partial charge on any atom is 0.150 e. The van der Waals surface area contributed by atoms with Gasteiger partial charge >= 0.3 is 0 Å². The summed E-state index contributed by atoms with van der Waals surface area (Å²) >= 11 is 0. The topological polar surface area (TPSA) is 46.7 Å².